The zero-order chi connectivity index (χ0) is 12.3. The van der Waals surface area contributed by atoms with Crippen LogP contribution in [0.4, 0.5) is 0 Å². The molecule has 1 N–H and O–H groups in total. The van der Waals surface area contributed by atoms with Crippen molar-refractivity contribution in [2.75, 3.05) is 0 Å². The second-order valence-electron chi connectivity index (χ2n) is 3.40. The number of carbonyl (C=O) groups is 1. The Labute approximate surface area is 103 Å². The van der Waals surface area contributed by atoms with Crippen molar-refractivity contribution >= 4 is 17.5 Å². The third-order valence-electron chi connectivity index (χ3n) is 2.07. The van der Waals surface area contributed by atoms with E-state index in [1.807, 2.05) is 0 Å². The van der Waals surface area contributed by atoms with Crippen LogP contribution < -0.4 is 5.32 Å². The summed E-state index contributed by atoms with van der Waals surface area (Å²) in [6.07, 6.45) is 0. The predicted molar refractivity (Wildman–Crippen MR) is 61.7 cm³/mol. The molecule has 1 aromatic heterocycles. The third kappa shape index (κ3) is 3.04. The zero-order valence-corrected chi connectivity index (χ0v) is 9.86. The SMILES string of the molecule is Cc1nnc(CNC(=O)c2ccc(Cl)cc2)o1. The maximum Gasteiger partial charge on any atom is 0.251 e. The van der Waals surface area contributed by atoms with Crippen LogP contribution in [0.5, 0.6) is 0 Å². The number of amides is 1. The molecule has 6 heteroatoms. The molecule has 0 aliphatic heterocycles. The van der Waals surface area contributed by atoms with Crippen molar-refractivity contribution < 1.29 is 9.21 Å². The van der Waals surface area contributed by atoms with E-state index in [9.17, 15) is 4.79 Å². The fourth-order valence-electron chi connectivity index (χ4n) is 1.27. The van der Waals surface area contributed by atoms with Gasteiger partial charge in [0.15, 0.2) is 0 Å². The van der Waals surface area contributed by atoms with Gasteiger partial charge in [0.05, 0.1) is 6.54 Å². The number of aryl methyl sites for hydroxylation is 1. The average Bonchev–Trinajstić information content (AvgIpc) is 2.73. The van der Waals surface area contributed by atoms with Crippen LogP contribution in [0.25, 0.3) is 0 Å². The van der Waals surface area contributed by atoms with Crippen molar-refractivity contribution in [1.82, 2.24) is 15.5 Å². The summed E-state index contributed by atoms with van der Waals surface area (Å²) in [6, 6.07) is 6.62. The van der Waals surface area contributed by atoms with Crippen molar-refractivity contribution in [2.45, 2.75) is 13.5 Å². The molecule has 2 aromatic rings. The van der Waals surface area contributed by atoms with Crippen LogP contribution in [0, 0.1) is 6.92 Å². The fraction of sp³-hybridized carbons (Fsp3) is 0.182. The second kappa shape index (κ2) is 4.97. The van der Waals surface area contributed by atoms with E-state index in [4.69, 9.17) is 16.0 Å². The van der Waals surface area contributed by atoms with E-state index in [0.29, 0.717) is 22.4 Å². The molecule has 5 nitrogen and oxygen atoms in total. The van der Waals surface area contributed by atoms with Gasteiger partial charge in [-0.3, -0.25) is 4.79 Å². The fourth-order valence-corrected chi connectivity index (χ4v) is 1.39. The van der Waals surface area contributed by atoms with Gasteiger partial charge >= 0.3 is 0 Å². The Morgan fingerprint density at radius 1 is 1.35 bits per heavy atom. The van der Waals surface area contributed by atoms with E-state index in [0.717, 1.165) is 0 Å². The van der Waals surface area contributed by atoms with Crippen molar-refractivity contribution in [3.63, 3.8) is 0 Å². The van der Waals surface area contributed by atoms with Gasteiger partial charge in [-0.25, -0.2) is 0 Å². The van der Waals surface area contributed by atoms with E-state index >= 15 is 0 Å². The molecule has 0 bridgehead atoms. The van der Waals surface area contributed by atoms with Gasteiger partial charge in [0.25, 0.3) is 5.91 Å². The van der Waals surface area contributed by atoms with Crippen molar-refractivity contribution in [3.8, 4) is 0 Å². The van der Waals surface area contributed by atoms with Gasteiger partial charge in [0.1, 0.15) is 0 Å². The highest BCUT2D eigenvalue weighted by molar-refractivity contribution is 6.30. The lowest BCUT2D eigenvalue weighted by Crippen LogP contribution is -2.22. The lowest BCUT2D eigenvalue weighted by Gasteiger charge is -2.02. The molecule has 0 unspecified atom stereocenters. The minimum absolute atomic E-state index is 0.211. The molecule has 0 saturated heterocycles. The van der Waals surface area contributed by atoms with Crippen LogP contribution >= 0.6 is 11.6 Å². The molecular weight excluding hydrogens is 242 g/mol. The van der Waals surface area contributed by atoms with Crippen molar-refractivity contribution in [2.24, 2.45) is 0 Å². The standard InChI is InChI=1S/C11H10ClN3O2/c1-7-14-15-10(17-7)6-13-11(16)8-2-4-9(12)5-3-8/h2-5H,6H2,1H3,(H,13,16). The smallest absolute Gasteiger partial charge is 0.251 e. The molecule has 0 aliphatic carbocycles. The number of hydrogen-bond acceptors (Lipinski definition) is 4. The maximum atomic E-state index is 11.7. The first-order valence-electron chi connectivity index (χ1n) is 4.98. The van der Waals surface area contributed by atoms with Gasteiger partial charge < -0.3 is 9.73 Å². The Bertz CT molecular complexity index is 522. The Balaban J connectivity index is 1.95. The van der Waals surface area contributed by atoms with Gasteiger partial charge in [-0.15, -0.1) is 10.2 Å². The largest absolute Gasteiger partial charge is 0.424 e. The Hall–Kier alpha value is -1.88. The maximum absolute atomic E-state index is 11.7. The summed E-state index contributed by atoms with van der Waals surface area (Å²) in [5.41, 5.74) is 0.533. The zero-order valence-electron chi connectivity index (χ0n) is 9.11. The van der Waals surface area contributed by atoms with Crippen LogP contribution in [-0.4, -0.2) is 16.1 Å². The van der Waals surface area contributed by atoms with Gasteiger partial charge in [0, 0.05) is 17.5 Å². The minimum atomic E-state index is -0.211. The quantitative estimate of drug-likeness (QED) is 0.906. The number of hydrogen-bond donors (Lipinski definition) is 1. The summed E-state index contributed by atoms with van der Waals surface area (Å²) in [6.45, 7) is 1.90. The number of aromatic nitrogens is 2. The van der Waals surface area contributed by atoms with E-state index in [1.54, 1.807) is 31.2 Å². The van der Waals surface area contributed by atoms with Crippen LogP contribution in [0.15, 0.2) is 28.7 Å². The Morgan fingerprint density at radius 2 is 2.06 bits per heavy atom. The summed E-state index contributed by atoms with van der Waals surface area (Å²) in [7, 11) is 0. The number of carbonyl (C=O) groups excluding carboxylic acids is 1. The first kappa shape index (κ1) is 11.6. The number of nitrogens with zero attached hydrogens (tertiary/aromatic N) is 2. The Morgan fingerprint density at radius 3 is 2.65 bits per heavy atom. The number of nitrogens with one attached hydrogen (secondary N) is 1. The summed E-state index contributed by atoms with van der Waals surface area (Å²) in [4.78, 5) is 11.7. The normalized spacial score (nSPS) is 10.2. The summed E-state index contributed by atoms with van der Waals surface area (Å²) < 4.78 is 5.13. The molecule has 1 heterocycles. The van der Waals surface area contributed by atoms with E-state index in [-0.39, 0.29) is 12.5 Å². The summed E-state index contributed by atoms with van der Waals surface area (Å²) in [5.74, 6) is 0.642. The molecule has 1 amide bonds. The van der Waals surface area contributed by atoms with Crippen molar-refractivity contribution in [3.05, 3.63) is 46.6 Å². The number of rotatable bonds is 3. The van der Waals surface area contributed by atoms with Gasteiger partial charge in [-0.1, -0.05) is 11.6 Å². The molecule has 0 saturated carbocycles. The van der Waals surface area contributed by atoms with Crippen LogP contribution in [0.1, 0.15) is 22.1 Å². The number of benzene rings is 1. The molecule has 0 aliphatic rings. The molecule has 0 fully saturated rings. The molecule has 17 heavy (non-hydrogen) atoms. The monoisotopic (exact) mass is 251 g/mol. The van der Waals surface area contributed by atoms with Crippen LogP contribution in [0.2, 0.25) is 5.02 Å². The summed E-state index contributed by atoms with van der Waals surface area (Å²) >= 11 is 5.73. The second-order valence-corrected chi connectivity index (χ2v) is 3.84. The predicted octanol–water partition coefficient (Wildman–Crippen LogP) is 1.96. The highest BCUT2D eigenvalue weighted by Gasteiger charge is 2.07. The first-order valence-corrected chi connectivity index (χ1v) is 5.36. The number of halogens is 1. The lowest BCUT2D eigenvalue weighted by atomic mass is 10.2. The first-order chi connectivity index (χ1) is 8.15. The van der Waals surface area contributed by atoms with Gasteiger partial charge in [-0.05, 0) is 24.3 Å². The van der Waals surface area contributed by atoms with E-state index in [1.165, 1.54) is 0 Å². The third-order valence-corrected chi connectivity index (χ3v) is 2.33. The van der Waals surface area contributed by atoms with Gasteiger partial charge in [-0.2, -0.15) is 0 Å². The van der Waals surface area contributed by atoms with E-state index < -0.39 is 0 Å². The van der Waals surface area contributed by atoms with Crippen LogP contribution in [0.3, 0.4) is 0 Å². The highest BCUT2D eigenvalue weighted by Crippen LogP contribution is 2.09. The molecule has 0 atom stereocenters. The minimum Gasteiger partial charge on any atom is -0.424 e. The molecule has 1 aromatic carbocycles. The molecule has 88 valence electrons. The topological polar surface area (TPSA) is 68.0 Å². The molecular formula is C11H10ClN3O2. The van der Waals surface area contributed by atoms with E-state index in [2.05, 4.69) is 15.5 Å². The molecule has 0 spiro atoms. The molecule has 2 rings (SSSR count). The lowest BCUT2D eigenvalue weighted by molar-refractivity contribution is 0.0947. The van der Waals surface area contributed by atoms with Crippen molar-refractivity contribution in [1.29, 1.82) is 0 Å². The Kier molecular flexibility index (Phi) is 3.39. The highest BCUT2D eigenvalue weighted by atomic mass is 35.5. The van der Waals surface area contributed by atoms with Crippen LogP contribution in [-0.2, 0) is 6.54 Å². The molecule has 0 radical (unpaired) electrons. The summed E-state index contributed by atoms with van der Waals surface area (Å²) in [5, 5.41) is 10.7. The average molecular weight is 252 g/mol. The van der Waals surface area contributed by atoms with Gasteiger partial charge in [0.2, 0.25) is 11.8 Å².